The summed E-state index contributed by atoms with van der Waals surface area (Å²) in [5, 5.41) is 0. The van der Waals surface area contributed by atoms with Gasteiger partial charge in [0.25, 0.3) is 0 Å². The minimum Gasteiger partial charge on any atom is -0.0999 e. The molecular formula is C9H16. The molecule has 0 atom stereocenters. The zero-order valence-electron chi connectivity index (χ0n) is 6.16. The fraction of sp³-hybridized carbons (Fsp3) is 0.778. The fourth-order valence-corrected chi connectivity index (χ4v) is 1.41. The van der Waals surface area contributed by atoms with Crippen LogP contribution in [0.25, 0.3) is 0 Å². The molecule has 1 saturated carbocycles. The molecule has 0 heteroatoms. The first kappa shape index (κ1) is 6.85. The molecule has 1 aliphatic rings. The van der Waals surface area contributed by atoms with Crippen LogP contribution >= 0.6 is 0 Å². The zero-order valence-corrected chi connectivity index (χ0v) is 6.16. The Morgan fingerprint density at radius 1 is 0.778 bits per heavy atom. The normalized spacial score (nSPS) is 22.9. The summed E-state index contributed by atoms with van der Waals surface area (Å²) in [6, 6.07) is 0. The van der Waals surface area contributed by atoms with Crippen molar-refractivity contribution in [3.63, 3.8) is 0 Å². The SMILES string of the molecule is C=C1CCCCCCC1. The molecule has 0 bridgehead atoms. The van der Waals surface area contributed by atoms with E-state index in [0.29, 0.717) is 0 Å². The Balaban J connectivity index is 2.20. The minimum absolute atomic E-state index is 1.29. The summed E-state index contributed by atoms with van der Waals surface area (Å²) in [4.78, 5) is 0. The summed E-state index contributed by atoms with van der Waals surface area (Å²) < 4.78 is 0. The second-order valence-corrected chi connectivity index (χ2v) is 3.02. The predicted octanol–water partition coefficient (Wildman–Crippen LogP) is 3.29. The molecule has 52 valence electrons. The number of hydrogen-bond acceptors (Lipinski definition) is 0. The summed E-state index contributed by atoms with van der Waals surface area (Å²) in [6.45, 7) is 4.02. The van der Waals surface area contributed by atoms with E-state index in [1.54, 1.807) is 0 Å². The van der Waals surface area contributed by atoms with E-state index in [4.69, 9.17) is 0 Å². The Kier molecular flexibility index (Phi) is 2.82. The van der Waals surface area contributed by atoms with Crippen LogP contribution < -0.4 is 0 Å². The van der Waals surface area contributed by atoms with Gasteiger partial charge in [-0.3, -0.25) is 0 Å². The molecule has 0 aromatic heterocycles. The van der Waals surface area contributed by atoms with Gasteiger partial charge in [-0.05, 0) is 25.7 Å². The lowest BCUT2D eigenvalue weighted by Crippen LogP contribution is -1.89. The van der Waals surface area contributed by atoms with Crippen LogP contribution in [0.5, 0.6) is 0 Å². The Labute approximate surface area is 58.0 Å². The van der Waals surface area contributed by atoms with E-state index < -0.39 is 0 Å². The number of rotatable bonds is 0. The van der Waals surface area contributed by atoms with Gasteiger partial charge in [0.15, 0.2) is 0 Å². The van der Waals surface area contributed by atoms with Gasteiger partial charge in [-0.2, -0.15) is 0 Å². The highest BCUT2D eigenvalue weighted by Crippen LogP contribution is 2.19. The summed E-state index contributed by atoms with van der Waals surface area (Å²) in [7, 11) is 0. The number of hydrogen-bond donors (Lipinski definition) is 0. The van der Waals surface area contributed by atoms with Gasteiger partial charge < -0.3 is 0 Å². The molecule has 9 heavy (non-hydrogen) atoms. The van der Waals surface area contributed by atoms with Gasteiger partial charge in [0.2, 0.25) is 0 Å². The van der Waals surface area contributed by atoms with E-state index in [0.717, 1.165) is 0 Å². The van der Waals surface area contributed by atoms with Gasteiger partial charge in [0, 0.05) is 0 Å². The fourth-order valence-electron chi connectivity index (χ4n) is 1.41. The van der Waals surface area contributed by atoms with Crippen LogP contribution in [0.4, 0.5) is 0 Å². The molecule has 0 aromatic carbocycles. The maximum Gasteiger partial charge on any atom is -0.0323 e. The smallest absolute Gasteiger partial charge is 0.0323 e. The lowest BCUT2D eigenvalue weighted by Gasteiger charge is -2.09. The molecule has 0 unspecified atom stereocenters. The molecule has 0 aromatic rings. The molecule has 0 saturated heterocycles. The molecule has 1 fully saturated rings. The van der Waals surface area contributed by atoms with Gasteiger partial charge in [-0.15, -0.1) is 0 Å². The second kappa shape index (κ2) is 3.71. The Hall–Kier alpha value is -0.260. The highest BCUT2D eigenvalue weighted by molar-refractivity contribution is 4.94. The predicted molar refractivity (Wildman–Crippen MR) is 41.5 cm³/mol. The lowest BCUT2D eigenvalue weighted by atomic mass is 9.98. The maximum absolute atomic E-state index is 4.02. The van der Waals surface area contributed by atoms with Crippen molar-refractivity contribution in [1.82, 2.24) is 0 Å². The first-order valence-corrected chi connectivity index (χ1v) is 4.06. The zero-order chi connectivity index (χ0) is 6.53. The van der Waals surface area contributed by atoms with Crippen LogP contribution in [-0.2, 0) is 0 Å². The van der Waals surface area contributed by atoms with Crippen LogP contribution in [0.1, 0.15) is 44.9 Å². The summed E-state index contributed by atoms with van der Waals surface area (Å²) >= 11 is 0. The number of allylic oxidation sites excluding steroid dienone is 1. The van der Waals surface area contributed by atoms with Crippen molar-refractivity contribution in [1.29, 1.82) is 0 Å². The van der Waals surface area contributed by atoms with Gasteiger partial charge in [-0.1, -0.05) is 31.4 Å². The molecule has 0 aliphatic heterocycles. The van der Waals surface area contributed by atoms with Crippen molar-refractivity contribution in [2.24, 2.45) is 0 Å². The van der Waals surface area contributed by atoms with Crippen LogP contribution in [-0.4, -0.2) is 0 Å². The molecular weight excluding hydrogens is 108 g/mol. The van der Waals surface area contributed by atoms with Gasteiger partial charge in [-0.25, -0.2) is 0 Å². The van der Waals surface area contributed by atoms with Crippen LogP contribution in [0.3, 0.4) is 0 Å². The average Bonchev–Trinajstić information content (AvgIpc) is 1.79. The summed E-state index contributed by atoms with van der Waals surface area (Å²) in [5.41, 5.74) is 1.48. The van der Waals surface area contributed by atoms with E-state index in [2.05, 4.69) is 6.58 Å². The third-order valence-electron chi connectivity index (χ3n) is 2.06. The lowest BCUT2D eigenvalue weighted by molar-refractivity contribution is 0.570. The molecule has 0 spiro atoms. The van der Waals surface area contributed by atoms with Crippen molar-refractivity contribution in [3.05, 3.63) is 12.2 Å². The maximum atomic E-state index is 4.02. The first-order chi connectivity index (χ1) is 4.39. The monoisotopic (exact) mass is 124 g/mol. The highest BCUT2D eigenvalue weighted by Gasteiger charge is 1.99. The van der Waals surface area contributed by atoms with Crippen molar-refractivity contribution in [2.75, 3.05) is 0 Å². The highest BCUT2D eigenvalue weighted by atomic mass is 14.1. The van der Waals surface area contributed by atoms with E-state index in [1.807, 2.05) is 0 Å². The third kappa shape index (κ3) is 2.69. The molecule has 0 N–H and O–H groups in total. The molecule has 1 rings (SSSR count). The second-order valence-electron chi connectivity index (χ2n) is 3.02. The van der Waals surface area contributed by atoms with Gasteiger partial charge >= 0.3 is 0 Å². The Morgan fingerprint density at radius 2 is 1.22 bits per heavy atom. The van der Waals surface area contributed by atoms with E-state index in [1.165, 1.54) is 50.5 Å². The molecule has 0 heterocycles. The van der Waals surface area contributed by atoms with Gasteiger partial charge in [0.05, 0.1) is 0 Å². The Bertz CT molecular complexity index is 82.2. The topological polar surface area (TPSA) is 0 Å². The largest absolute Gasteiger partial charge is 0.0999 e. The van der Waals surface area contributed by atoms with E-state index in [-0.39, 0.29) is 0 Å². The standard InChI is InChI=1S/C9H16/c1-9-7-5-3-2-4-6-8-9/h1-8H2. The van der Waals surface area contributed by atoms with Crippen LogP contribution in [0.2, 0.25) is 0 Å². The molecule has 0 amide bonds. The van der Waals surface area contributed by atoms with Gasteiger partial charge in [0.1, 0.15) is 0 Å². The van der Waals surface area contributed by atoms with Crippen LogP contribution in [0, 0.1) is 0 Å². The Morgan fingerprint density at radius 3 is 1.78 bits per heavy atom. The third-order valence-corrected chi connectivity index (χ3v) is 2.06. The average molecular weight is 124 g/mol. The molecule has 0 radical (unpaired) electrons. The summed E-state index contributed by atoms with van der Waals surface area (Å²) in [6.07, 6.45) is 9.67. The van der Waals surface area contributed by atoms with Crippen molar-refractivity contribution < 1.29 is 0 Å². The van der Waals surface area contributed by atoms with Crippen molar-refractivity contribution >= 4 is 0 Å². The van der Waals surface area contributed by atoms with Crippen LogP contribution in [0.15, 0.2) is 12.2 Å². The summed E-state index contributed by atoms with van der Waals surface area (Å²) in [5.74, 6) is 0. The minimum atomic E-state index is 1.29. The van der Waals surface area contributed by atoms with E-state index >= 15 is 0 Å². The molecule has 1 aliphatic carbocycles. The molecule has 0 nitrogen and oxygen atoms in total. The first-order valence-electron chi connectivity index (χ1n) is 4.06. The quantitative estimate of drug-likeness (QED) is 0.435. The van der Waals surface area contributed by atoms with Crippen molar-refractivity contribution in [2.45, 2.75) is 44.9 Å². The van der Waals surface area contributed by atoms with Crippen molar-refractivity contribution in [3.8, 4) is 0 Å². The van der Waals surface area contributed by atoms with E-state index in [9.17, 15) is 0 Å².